The molecule has 0 bridgehead atoms. The van der Waals surface area contributed by atoms with Crippen LogP contribution in [0.25, 0.3) is 0 Å². The Labute approximate surface area is 98.9 Å². The van der Waals surface area contributed by atoms with E-state index in [-0.39, 0.29) is 5.92 Å². The smallest absolute Gasteiger partial charge is 0.136 e. The topological polar surface area (TPSA) is 17.1 Å². The summed E-state index contributed by atoms with van der Waals surface area (Å²) in [6, 6.07) is 10.3. The maximum atomic E-state index is 11.9. The lowest BCUT2D eigenvalue weighted by molar-refractivity contribution is -0.123. The van der Waals surface area contributed by atoms with Crippen LogP contribution in [-0.4, -0.2) is 5.78 Å². The first-order valence-electron chi connectivity index (χ1n) is 6.24. The Balaban J connectivity index is 2.60. The molecule has 0 spiro atoms. The average Bonchev–Trinajstić information content (AvgIpc) is 2.35. The Morgan fingerprint density at radius 1 is 1.19 bits per heavy atom. The van der Waals surface area contributed by atoms with Gasteiger partial charge in [0.05, 0.1) is 0 Å². The second-order valence-corrected chi connectivity index (χ2v) is 4.56. The number of rotatable bonds is 6. The number of hydrogen-bond acceptors (Lipinski definition) is 1. The molecule has 1 aromatic carbocycles. The van der Waals surface area contributed by atoms with Gasteiger partial charge in [0.1, 0.15) is 5.78 Å². The van der Waals surface area contributed by atoms with Gasteiger partial charge in [-0.25, -0.2) is 0 Å². The van der Waals surface area contributed by atoms with Gasteiger partial charge in [-0.2, -0.15) is 0 Å². The summed E-state index contributed by atoms with van der Waals surface area (Å²) < 4.78 is 0. The number of hydrogen-bond donors (Lipinski definition) is 0. The molecule has 88 valence electrons. The highest BCUT2D eigenvalue weighted by Gasteiger charge is 2.20. The van der Waals surface area contributed by atoms with E-state index in [4.69, 9.17) is 0 Å². The lowest BCUT2D eigenvalue weighted by Crippen LogP contribution is -2.17. The fourth-order valence-electron chi connectivity index (χ4n) is 1.90. The van der Waals surface area contributed by atoms with Gasteiger partial charge in [0, 0.05) is 12.3 Å². The maximum absolute atomic E-state index is 11.9. The summed E-state index contributed by atoms with van der Waals surface area (Å²) in [7, 11) is 0. The monoisotopic (exact) mass is 218 g/mol. The van der Waals surface area contributed by atoms with E-state index in [2.05, 4.69) is 32.9 Å². The number of ketones is 1. The van der Waals surface area contributed by atoms with Gasteiger partial charge in [0.15, 0.2) is 0 Å². The molecular weight excluding hydrogens is 196 g/mol. The average molecular weight is 218 g/mol. The molecule has 16 heavy (non-hydrogen) atoms. The second-order valence-electron chi connectivity index (χ2n) is 4.56. The predicted octanol–water partition coefficient (Wildman–Crippen LogP) is 4.19. The van der Waals surface area contributed by atoms with Crippen molar-refractivity contribution < 1.29 is 4.79 Å². The molecule has 0 N–H and O–H groups in total. The molecular formula is C15H22O. The molecule has 0 saturated carbocycles. The molecule has 1 rings (SSSR count). The summed E-state index contributed by atoms with van der Waals surface area (Å²) in [5, 5.41) is 0. The fraction of sp³-hybridized carbons (Fsp3) is 0.533. The molecule has 0 unspecified atom stereocenters. The fourth-order valence-corrected chi connectivity index (χ4v) is 1.90. The minimum absolute atomic E-state index is 0.133. The predicted molar refractivity (Wildman–Crippen MR) is 68.6 cm³/mol. The molecule has 0 fully saturated rings. The first-order chi connectivity index (χ1) is 7.66. The van der Waals surface area contributed by atoms with Gasteiger partial charge >= 0.3 is 0 Å². The SMILES string of the molecule is CCCCC(=O)[C@H](C)[C@@H](C)c1ccccc1. The van der Waals surface area contributed by atoms with Crippen molar-refractivity contribution in [3.8, 4) is 0 Å². The summed E-state index contributed by atoms with van der Waals surface area (Å²) in [6.45, 7) is 6.32. The second kappa shape index (κ2) is 6.47. The third kappa shape index (κ3) is 3.48. The molecule has 0 aliphatic heterocycles. The van der Waals surface area contributed by atoms with E-state index < -0.39 is 0 Å². The van der Waals surface area contributed by atoms with Gasteiger partial charge in [-0.05, 0) is 17.9 Å². The Morgan fingerprint density at radius 2 is 1.81 bits per heavy atom. The van der Waals surface area contributed by atoms with Gasteiger partial charge in [-0.1, -0.05) is 57.5 Å². The van der Waals surface area contributed by atoms with E-state index >= 15 is 0 Å². The summed E-state index contributed by atoms with van der Waals surface area (Å²) >= 11 is 0. The van der Waals surface area contributed by atoms with Crippen LogP contribution in [-0.2, 0) is 4.79 Å². The van der Waals surface area contributed by atoms with E-state index in [1.165, 1.54) is 5.56 Å². The number of carbonyl (C=O) groups is 1. The Kier molecular flexibility index (Phi) is 5.24. The van der Waals surface area contributed by atoms with Gasteiger partial charge in [-0.3, -0.25) is 4.79 Å². The van der Waals surface area contributed by atoms with Crippen molar-refractivity contribution in [3.05, 3.63) is 35.9 Å². The normalized spacial score (nSPS) is 14.4. The van der Waals surface area contributed by atoms with Gasteiger partial charge in [0.2, 0.25) is 0 Å². The standard InChI is InChI=1S/C15H22O/c1-4-5-11-15(16)13(3)12(2)14-9-7-6-8-10-14/h6-10,12-13H,4-5,11H2,1-3H3/t12-,13-/m1/s1. The zero-order valence-corrected chi connectivity index (χ0v) is 10.6. The van der Waals surface area contributed by atoms with Crippen molar-refractivity contribution in [2.75, 3.05) is 0 Å². The van der Waals surface area contributed by atoms with E-state index in [1.807, 2.05) is 18.2 Å². The molecule has 0 radical (unpaired) electrons. The summed E-state index contributed by atoms with van der Waals surface area (Å²) in [5.41, 5.74) is 1.26. The quantitative estimate of drug-likeness (QED) is 0.700. The lowest BCUT2D eigenvalue weighted by atomic mass is 9.85. The summed E-state index contributed by atoms with van der Waals surface area (Å²) in [4.78, 5) is 11.9. The van der Waals surface area contributed by atoms with Crippen molar-refractivity contribution in [1.29, 1.82) is 0 Å². The van der Waals surface area contributed by atoms with Crippen molar-refractivity contribution in [2.45, 2.75) is 46.0 Å². The molecule has 0 heterocycles. The van der Waals surface area contributed by atoms with Crippen LogP contribution in [0.2, 0.25) is 0 Å². The molecule has 1 heteroatoms. The third-order valence-electron chi connectivity index (χ3n) is 3.36. The van der Waals surface area contributed by atoms with E-state index in [0.29, 0.717) is 11.7 Å². The number of unbranched alkanes of at least 4 members (excludes halogenated alkanes) is 1. The molecule has 2 atom stereocenters. The summed E-state index contributed by atoms with van der Waals surface area (Å²) in [5.74, 6) is 0.859. The van der Waals surface area contributed by atoms with Crippen molar-refractivity contribution in [2.24, 2.45) is 5.92 Å². The Bertz CT molecular complexity index is 315. The van der Waals surface area contributed by atoms with Gasteiger partial charge < -0.3 is 0 Å². The van der Waals surface area contributed by atoms with Crippen molar-refractivity contribution in [1.82, 2.24) is 0 Å². The number of carbonyl (C=O) groups excluding carboxylic acids is 1. The Morgan fingerprint density at radius 3 is 2.38 bits per heavy atom. The largest absolute Gasteiger partial charge is 0.299 e. The molecule has 1 nitrogen and oxygen atoms in total. The van der Waals surface area contributed by atoms with Gasteiger partial charge in [-0.15, -0.1) is 0 Å². The maximum Gasteiger partial charge on any atom is 0.136 e. The molecule has 0 aliphatic rings. The highest BCUT2D eigenvalue weighted by atomic mass is 16.1. The van der Waals surface area contributed by atoms with Crippen LogP contribution in [0.4, 0.5) is 0 Å². The van der Waals surface area contributed by atoms with E-state index in [9.17, 15) is 4.79 Å². The van der Waals surface area contributed by atoms with Crippen LogP contribution in [0.3, 0.4) is 0 Å². The highest BCUT2D eigenvalue weighted by Crippen LogP contribution is 2.25. The summed E-state index contributed by atoms with van der Waals surface area (Å²) in [6.07, 6.45) is 2.84. The van der Waals surface area contributed by atoms with Crippen LogP contribution in [0, 0.1) is 5.92 Å². The van der Waals surface area contributed by atoms with Crippen molar-refractivity contribution in [3.63, 3.8) is 0 Å². The minimum atomic E-state index is 0.133. The van der Waals surface area contributed by atoms with E-state index in [1.54, 1.807) is 0 Å². The molecule has 0 aliphatic carbocycles. The first kappa shape index (κ1) is 13.0. The molecule has 1 aromatic rings. The minimum Gasteiger partial charge on any atom is -0.299 e. The van der Waals surface area contributed by atoms with Crippen LogP contribution in [0.1, 0.15) is 51.5 Å². The van der Waals surface area contributed by atoms with Crippen LogP contribution in [0.15, 0.2) is 30.3 Å². The number of benzene rings is 1. The zero-order valence-electron chi connectivity index (χ0n) is 10.6. The zero-order chi connectivity index (χ0) is 12.0. The van der Waals surface area contributed by atoms with Crippen molar-refractivity contribution >= 4 is 5.78 Å². The first-order valence-corrected chi connectivity index (χ1v) is 6.24. The third-order valence-corrected chi connectivity index (χ3v) is 3.36. The van der Waals surface area contributed by atoms with Crippen LogP contribution >= 0.6 is 0 Å². The molecule has 0 amide bonds. The van der Waals surface area contributed by atoms with E-state index in [0.717, 1.165) is 19.3 Å². The Hall–Kier alpha value is -1.11. The highest BCUT2D eigenvalue weighted by molar-refractivity contribution is 5.81. The molecule has 0 aromatic heterocycles. The number of Topliss-reactive ketones (excluding diaryl/α,β-unsaturated/α-hetero) is 1. The van der Waals surface area contributed by atoms with Crippen LogP contribution in [0.5, 0.6) is 0 Å². The van der Waals surface area contributed by atoms with Crippen LogP contribution < -0.4 is 0 Å². The molecule has 0 saturated heterocycles. The van der Waals surface area contributed by atoms with Gasteiger partial charge in [0.25, 0.3) is 0 Å². The lowest BCUT2D eigenvalue weighted by Gasteiger charge is -2.19.